The highest BCUT2D eigenvalue weighted by Crippen LogP contribution is 2.22. The quantitative estimate of drug-likeness (QED) is 0.714. The third kappa shape index (κ3) is 4.37. The topological polar surface area (TPSA) is 56.1 Å². The van der Waals surface area contributed by atoms with Crippen molar-refractivity contribution < 1.29 is 9.53 Å². The number of hydrogen-bond donors (Lipinski definition) is 1. The molecule has 0 spiro atoms. The van der Waals surface area contributed by atoms with Gasteiger partial charge in [0.25, 0.3) is 5.91 Å². The second-order valence-electron chi connectivity index (χ2n) is 7.01. The summed E-state index contributed by atoms with van der Waals surface area (Å²) in [6, 6.07) is 11.8. The van der Waals surface area contributed by atoms with Crippen LogP contribution in [0.5, 0.6) is 5.75 Å². The summed E-state index contributed by atoms with van der Waals surface area (Å²) >= 11 is 0. The summed E-state index contributed by atoms with van der Waals surface area (Å²) in [7, 11) is 0. The van der Waals surface area contributed by atoms with Crippen molar-refractivity contribution in [2.45, 2.75) is 41.3 Å². The largest absolute Gasteiger partial charge is 0.471 e. The lowest BCUT2D eigenvalue weighted by atomic mass is 10.1. The van der Waals surface area contributed by atoms with Gasteiger partial charge < -0.3 is 10.1 Å². The number of rotatable bonds is 5. The Morgan fingerprint density at radius 3 is 2.30 bits per heavy atom. The van der Waals surface area contributed by atoms with E-state index in [1.165, 1.54) is 11.1 Å². The zero-order chi connectivity index (χ0) is 19.6. The molecule has 1 N–H and O–H groups in total. The van der Waals surface area contributed by atoms with Crippen LogP contribution >= 0.6 is 0 Å². The van der Waals surface area contributed by atoms with E-state index in [4.69, 9.17) is 4.74 Å². The van der Waals surface area contributed by atoms with Gasteiger partial charge in [0, 0.05) is 11.9 Å². The first-order valence-electron chi connectivity index (χ1n) is 8.96. The molecule has 3 rings (SSSR count). The van der Waals surface area contributed by atoms with Gasteiger partial charge in [-0.25, -0.2) is 4.68 Å². The van der Waals surface area contributed by atoms with Crippen molar-refractivity contribution in [3.05, 3.63) is 76.1 Å². The fourth-order valence-electron chi connectivity index (χ4n) is 3.21. The number of benzene rings is 2. The first kappa shape index (κ1) is 18.7. The Hall–Kier alpha value is -3.08. The van der Waals surface area contributed by atoms with Gasteiger partial charge in [0.05, 0.1) is 0 Å². The number of nitrogens with zero attached hydrogens (tertiary/aromatic N) is 2. The number of carbonyl (C=O) groups excluding carboxylic acids is 1. The Morgan fingerprint density at radius 1 is 0.963 bits per heavy atom. The Morgan fingerprint density at radius 2 is 1.63 bits per heavy atom. The van der Waals surface area contributed by atoms with Crippen LogP contribution in [0.2, 0.25) is 0 Å². The zero-order valence-corrected chi connectivity index (χ0v) is 16.5. The summed E-state index contributed by atoms with van der Waals surface area (Å²) in [6.45, 7) is 10.3. The van der Waals surface area contributed by atoms with E-state index in [2.05, 4.69) is 28.6 Å². The molecule has 0 saturated heterocycles. The van der Waals surface area contributed by atoms with Crippen molar-refractivity contribution in [1.82, 2.24) is 9.78 Å². The van der Waals surface area contributed by atoms with Gasteiger partial charge in [0.2, 0.25) is 0 Å². The molecule has 0 radical (unpaired) electrons. The van der Waals surface area contributed by atoms with Crippen LogP contribution in [0.4, 0.5) is 5.69 Å². The minimum Gasteiger partial charge on any atom is -0.471 e. The molecule has 27 heavy (non-hydrogen) atoms. The van der Waals surface area contributed by atoms with Gasteiger partial charge in [-0.1, -0.05) is 35.4 Å². The predicted molar refractivity (Wildman–Crippen MR) is 107 cm³/mol. The van der Waals surface area contributed by atoms with Crippen LogP contribution in [-0.4, -0.2) is 15.7 Å². The van der Waals surface area contributed by atoms with E-state index in [-0.39, 0.29) is 12.6 Å². The fraction of sp³-hybridized carbons (Fsp3) is 0.273. The van der Waals surface area contributed by atoms with Crippen molar-refractivity contribution in [2.24, 2.45) is 0 Å². The monoisotopic (exact) mass is 363 g/mol. The summed E-state index contributed by atoms with van der Waals surface area (Å²) in [5, 5.41) is 7.29. The van der Waals surface area contributed by atoms with Crippen LogP contribution < -0.4 is 10.1 Å². The number of nitrogens with one attached hydrogen (secondary N) is 1. The van der Waals surface area contributed by atoms with Gasteiger partial charge in [-0.05, 0) is 63.4 Å². The number of aromatic nitrogens is 2. The molecule has 0 saturated carbocycles. The molecule has 0 aliphatic carbocycles. The Bertz CT molecular complexity index is 966. The third-order valence-corrected chi connectivity index (χ3v) is 4.47. The van der Waals surface area contributed by atoms with E-state index in [1.54, 1.807) is 16.9 Å². The smallest absolute Gasteiger partial charge is 0.276 e. The molecule has 0 fully saturated rings. The molecular weight excluding hydrogens is 338 g/mol. The summed E-state index contributed by atoms with van der Waals surface area (Å²) in [6.07, 6.45) is 1.74. The number of hydrogen-bond acceptors (Lipinski definition) is 3. The van der Waals surface area contributed by atoms with E-state index in [0.29, 0.717) is 5.69 Å². The summed E-state index contributed by atoms with van der Waals surface area (Å²) in [5.74, 6) is 0.586. The van der Waals surface area contributed by atoms with Crippen molar-refractivity contribution in [2.75, 3.05) is 5.32 Å². The standard InChI is InChI=1S/C22H25N3O2/c1-14-6-7-20(16(3)10-14)27-13-25-9-8-19(24-25)22(26)23-21-17(4)11-15(2)12-18(21)5/h6-12H,13H2,1-5H3,(H,23,26). The zero-order valence-electron chi connectivity index (χ0n) is 16.5. The molecule has 3 aromatic rings. The molecule has 0 atom stereocenters. The van der Waals surface area contributed by atoms with Crippen LogP contribution in [0.1, 0.15) is 38.3 Å². The van der Waals surface area contributed by atoms with Crippen molar-refractivity contribution in [1.29, 1.82) is 0 Å². The average molecular weight is 363 g/mol. The van der Waals surface area contributed by atoms with Gasteiger partial charge in [-0.15, -0.1) is 0 Å². The Kier molecular flexibility index (Phi) is 5.31. The van der Waals surface area contributed by atoms with Crippen LogP contribution in [0.15, 0.2) is 42.6 Å². The number of aryl methyl sites for hydroxylation is 5. The minimum absolute atomic E-state index is 0.227. The first-order valence-corrected chi connectivity index (χ1v) is 8.96. The molecule has 1 aromatic heterocycles. The molecular formula is C22H25N3O2. The third-order valence-electron chi connectivity index (χ3n) is 4.47. The van der Waals surface area contributed by atoms with Gasteiger partial charge in [0.15, 0.2) is 12.4 Å². The number of ether oxygens (including phenoxy) is 1. The molecule has 2 aromatic carbocycles. The minimum atomic E-state index is -0.227. The summed E-state index contributed by atoms with van der Waals surface area (Å²) < 4.78 is 7.42. The molecule has 5 heteroatoms. The van der Waals surface area contributed by atoms with Crippen molar-refractivity contribution in [3.63, 3.8) is 0 Å². The highest BCUT2D eigenvalue weighted by molar-refractivity contribution is 6.03. The fourth-order valence-corrected chi connectivity index (χ4v) is 3.21. The van der Waals surface area contributed by atoms with E-state index < -0.39 is 0 Å². The van der Waals surface area contributed by atoms with Gasteiger partial charge >= 0.3 is 0 Å². The summed E-state index contributed by atoms with van der Waals surface area (Å²) in [4.78, 5) is 12.6. The normalized spacial score (nSPS) is 10.7. The Labute approximate surface area is 160 Å². The molecule has 0 unspecified atom stereocenters. The maximum atomic E-state index is 12.6. The molecule has 5 nitrogen and oxygen atoms in total. The first-order chi connectivity index (χ1) is 12.8. The highest BCUT2D eigenvalue weighted by atomic mass is 16.5. The van der Waals surface area contributed by atoms with E-state index in [9.17, 15) is 4.79 Å². The number of amides is 1. The molecule has 140 valence electrons. The Balaban J connectivity index is 1.67. The molecule has 0 bridgehead atoms. The second kappa shape index (κ2) is 7.66. The number of anilines is 1. The maximum absolute atomic E-state index is 12.6. The van der Waals surface area contributed by atoms with E-state index in [0.717, 1.165) is 28.1 Å². The maximum Gasteiger partial charge on any atom is 0.276 e. The van der Waals surface area contributed by atoms with Gasteiger partial charge in [-0.2, -0.15) is 5.10 Å². The molecule has 1 heterocycles. The van der Waals surface area contributed by atoms with Crippen LogP contribution in [0, 0.1) is 34.6 Å². The average Bonchev–Trinajstić information content (AvgIpc) is 3.06. The molecule has 0 aliphatic rings. The van der Waals surface area contributed by atoms with Crippen LogP contribution in [0.25, 0.3) is 0 Å². The lowest BCUT2D eigenvalue weighted by Gasteiger charge is -2.12. The molecule has 1 amide bonds. The van der Waals surface area contributed by atoms with Crippen molar-refractivity contribution in [3.8, 4) is 5.75 Å². The van der Waals surface area contributed by atoms with E-state index >= 15 is 0 Å². The van der Waals surface area contributed by atoms with Gasteiger partial charge in [-0.3, -0.25) is 4.79 Å². The SMILES string of the molecule is Cc1ccc(OCn2ccc(C(=O)Nc3c(C)cc(C)cc3C)n2)c(C)c1. The van der Waals surface area contributed by atoms with E-state index in [1.807, 2.05) is 46.8 Å². The van der Waals surface area contributed by atoms with Gasteiger partial charge in [0.1, 0.15) is 5.75 Å². The number of carbonyl (C=O) groups is 1. The lowest BCUT2D eigenvalue weighted by Crippen LogP contribution is -2.16. The van der Waals surface area contributed by atoms with Crippen LogP contribution in [-0.2, 0) is 6.73 Å². The highest BCUT2D eigenvalue weighted by Gasteiger charge is 2.13. The summed E-state index contributed by atoms with van der Waals surface area (Å²) in [5.41, 5.74) is 6.73. The molecule has 0 aliphatic heterocycles. The van der Waals surface area contributed by atoms with Crippen molar-refractivity contribution >= 4 is 11.6 Å². The van der Waals surface area contributed by atoms with Crippen LogP contribution in [0.3, 0.4) is 0 Å². The lowest BCUT2D eigenvalue weighted by molar-refractivity contribution is 0.102. The predicted octanol–water partition coefficient (Wildman–Crippen LogP) is 4.71. The second-order valence-corrected chi connectivity index (χ2v) is 7.01.